The van der Waals surface area contributed by atoms with Gasteiger partial charge in [0.1, 0.15) is 11.6 Å². The number of primary amides is 1. The van der Waals surface area contributed by atoms with Crippen LogP contribution in [0.4, 0.5) is 5.69 Å². The first kappa shape index (κ1) is 20.4. The average Bonchev–Trinajstić information content (AvgIpc) is 3.16. The molecule has 0 aliphatic rings. The van der Waals surface area contributed by atoms with Gasteiger partial charge in [-0.05, 0) is 67.1 Å². The van der Waals surface area contributed by atoms with Crippen LogP contribution in [-0.2, 0) is 10.0 Å². The molecule has 1 aromatic heterocycles. The minimum Gasteiger partial charge on any atom is -0.496 e. The Balaban J connectivity index is 1.59. The molecule has 0 spiro atoms. The number of hydrogen-bond acceptors (Lipinski definition) is 5. The minimum absolute atomic E-state index is 0.0131. The zero-order valence-corrected chi connectivity index (χ0v) is 17.7. The summed E-state index contributed by atoms with van der Waals surface area (Å²) in [5, 5.41) is 0. The van der Waals surface area contributed by atoms with E-state index in [1.807, 2.05) is 25.1 Å². The van der Waals surface area contributed by atoms with Crippen molar-refractivity contribution in [2.24, 2.45) is 5.73 Å². The number of aryl methyl sites for hydroxylation is 1. The third-order valence-corrected chi connectivity index (χ3v) is 6.17. The zero-order valence-electron chi connectivity index (χ0n) is 16.8. The molecule has 9 heteroatoms. The highest BCUT2D eigenvalue weighted by atomic mass is 32.2. The molecule has 4 N–H and O–H groups in total. The molecule has 0 atom stereocenters. The number of sulfonamides is 1. The Morgan fingerprint density at radius 2 is 1.81 bits per heavy atom. The molecule has 0 saturated heterocycles. The molecule has 158 valence electrons. The number of methoxy groups -OCH3 is 1. The summed E-state index contributed by atoms with van der Waals surface area (Å²) in [7, 11) is -2.56. The maximum absolute atomic E-state index is 12.8. The fourth-order valence-electron chi connectivity index (χ4n) is 3.22. The largest absolute Gasteiger partial charge is 0.496 e. The molecule has 31 heavy (non-hydrogen) atoms. The zero-order chi connectivity index (χ0) is 22.2. The fourth-order valence-corrected chi connectivity index (χ4v) is 4.30. The second-order valence-electron chi connectivity index (χ2n) is 7.02. The minimum atomic E-state index is -3.93. The number of imidazole rings is 1. The molecular formula is C22H20N4O4S. The number of carbonyl (C=O) groups is 1. The number of ether oxygens (including phenoxy) is 1. The number of anilines is 1. The van der Waals surface area contributed by atoms with Crippen molar-refractivity contribution < 1.29 is 17.9 Å². The number of fused-ring (bicyclic) bond motifs is 1. The summed E-state index contributed by atoms with van der Waals surface area (Å²) >= 11 is 0. The summed E-state index contributed by atoms with van der Waals surface area (Å²) in [6.45, 7) is 2.01. The summed E-state index contributed by atoms with van der Waals surface area (Å²) in [5.41, 5.74) is 9.41. The fraction of sp³-hybridized carbons (Fsp3) is 0.0909. The number of carbonyl (C=O) groups excluding carboxylic acids is 1. The van der Waals surface area contributed by atoms with Crippen molar-refractivity contribution >= 4 is 32.7 Å². The maximum atomic E-state index is 12.8. The van der Waals surface area contributed by atoms with Crippen LogP contribution in [0.15, 0.2) is 65.6 Å². The number of benzene rings is 3. The summed E-state index contributed by atoms with van der Waals surface area (Å²) in [5.74, 6) is 0.118. The number of rotatable bonds is 6. The predicted octanol–water partition coefficient (Wildman–Crippen LogP) is 3.45. The number of aromatic amines is 1. The first-order valence-electron chi connectivity index (χ1n) is 9.34. The highest BCUT2D eigenvalue weighted by Crippen LogP contribution is 2.26. The van der Waals surface area contributed by atoms with Gasteiger partial charge in [-0.2, -0.15) is 0 Å². The van der Waals surface area contributed by atoms with Gasteiger partial charge in [-0.3, -0.25) is 9.52 Å². The van der Waals surface area contributed by atoms with E-state index in [9.17, 15) is 13.2 Å². The second-order valence-corrected chi connectivity index (χ2v) is 8.70. The normalized spacial score (nSPS) is 11.4. The monoisotopic (exact) mass is 436 g/mol. The topological polar surface area (TPSA) is 127 Å². The van der Waals surface area contributed by atoms with E-state index in [-0.39, 0.29) is 16.2 Å². The molecule has 1 amide bonds. The summed E-state index contributed by atoms with van der Waals surface area (Å²) in [6.07, 6.45) is 0. The number of H-pyrrole nitrogens is 1. The van der Waals surface area contributed by atoms with E-state index in [2.05, 4.69) is 14.7 Å². The first-order chi connectivity index (χ1) is 14.8. The summed E-state index contributed by atoms with van der Waals surface area (Å²) in [4.78, 5) is 19.3. The van der Waals surface area contributed by atoms with Gasteiger partial charge < -0.3 is 15.5 Å². The van der Waals surface area contributed by atoms with Gasteiger partial charge in [-0.15, -0.1) is 0 Å². The molecular weight excluding hydrogens is 416 g/mol. The molecule has 0 aliphatic carbocycles. The van der Waals surface area contributed by atoms with Gasteiger partial charge in [-0.25, -0.2) is 13.4 Å². The van der Waals surface area contributed by atoms with E-state index in [1.54, 1.807) is 24.3 Å². The lowest BCUT2D eigenvalue weighted by atomic mass is 10.2. The Bertz CT molecular complexity index is 1390. The number of nitrogens with one attached hydrogen (secondary N) is 2. The Hall–Kier alpha value is -3.85. The maximum Gasteiger partial charge on any atom is 0.261 e. The lowest BCUT2D eigenvalue weighted by Crippen LogP contribution is -2.16. The molecule has 4 rings (SSSR count). The van der Waals surface area contributed by atoms with Gasteiger partial charge >= 0.3 is 0 Å². The van der Waals surface area contributed by atoms with Crippen LogP contribution in [0.1, 0.15) is 15.9 Å². The molecule has 0 saturated carbocycles. The van der Waals surface area contributed by atoms with Crippen LogP contribution in [0.25, 0.3) is 22.4 Å². The van der Waals surface area contributed by atoms with Crippen LogP contribution in [0.5, 0.6) is 5.75 Å². The van der Waals surface area contributed by atoms with Gasteiger partial charge in [0.25, 0.3) is 15.9 Å². The first-order valence-corrected chi connectivity index (χ1v) is 10.8. The van der Waals surface area contributed by atoms with Crippen LogP contribution in [0, 0.1) is 6.92 Å². The third kappa shape index (κ3) is 4.08. The average molecular weight is 436 g/mol. The van der Waals surface area contributed by atoms with Gasteiger partial charge in [0.2, 0.25) is 0 Å². The number of nitrogens with zero attached hydrogens (tertiary/aromatic N) is 1. The van der Waals surface area contributed by atoms with Crippen LogP contribution < -0.4 is 15.2 Å². The second kappa shape index (κ2) is 7.77. The molecule has 1 heterocycles. The predicted molar refractivity (Wildman–Crippen MR) is 119 cm³/mol. The molecule has 4 aromatic rings. The SMILES string of the molecule is COc1ccc(S(=O)(=O)Nc2ccc(-c3nc4ccc(C)cc4[nH]3)cc2)cc1C(N)=O. The van der Waals surface area contributed by atoms with Gasteiger partial charge in [0.15, 0.2) is 0 Å². The number of nitrogens with two attached hydrogens (primary N) is 1. The molecule has 0 unspecified atom stereocenters. The van der Waals surface area contributed by atoms with E-state index in [0.29, 0.717) is 11.5 Å². The number of hydrogen-bond donors (Lipinski definition) is 3. The Kier molecular flexibility index (Phi) is 5.12. The summed E-state index contributed by atoms with van der Waals surface area (Å²) < 4.78 is 33.1. The van der Waals surface area contributed by atoms with Crippen molar-refractivity contribution in [3.8, 4) is 17.1 Å². The van der Waals surface area contributed by atoms with Crippen LogP contribution in [0.3, 0.4) is 0 Å². The molecule has 3 aromatic carbocycles. The number of aromatic nitrogens is 2. The Morgan fingerprint density at radius 3 is 2.48 bits per heavy atom. The number of amides is 1. The van der Waals surface area contributed by atoms with Gasteiger partial charge in [-0.1, -0.05) is 6.07 Å². The Morgan fingerprint density at radius 1 is 1.06 bits per heavy atom. The Labute approximate surface area is 179 Å². The lowest BCUT2D eigenvalue weighted by molar-refractivity contribution is 0.0997. The van der Waals surface area contributed by atoms with Crippen LogP contribution in [-0.4, -0.2) is 31.4 Å². The van der Waals surface area contributed by atoms with Crippen LogP contribution in [0.2, 0.25) is 0 Å². The third-order valence-electron chi connectivity index (χ3n) is 4.79. The van der Waals surface area contributed by atoms with Crippen molar-refractivity contribution in [2.75, 3.05) is 11.8 Å². The molecule has 8 nitrogen and oxygen atoms in total. The summed E-state index contributed by atoms with van der Waals surface area (Å²) in [6, 6.07) is 16.7. The highest BCUT2D eigenvalue weighted by Gasteiger charge is 2.19. The van der Waals surface area contributed by atoms with E-state index in [1.165, 1.54) is 25.3 Å². The molecule has 0 aliphatic heterocycles. The van der Waals surface area contributed by atoms with E-state index in [0.717, 1.165) is 22.2 Å². The van der Waals surface area contributed by atoms with E-state index in [4.69, 9.17) is 10.5 Å². The van der Waals surface area contributed by atoms with Gasteiger partial charge in [0.05, 0.1) is 28.6 Å². The van der Waals surface area contributed by atoms with Crippen molar-refractivity contribution in [1.82, 2.24) is 9.97 Å². The van der Waals surface area contributed by atoms with E-state index < -0.39 is 15.9 Å². The quantitative estimate of drug-likeness (QED) is 0.427. The van der Waals surface area contributed by atoms with Crippen molar-refractivity contribution in [1.29, 1.82) is 0 Å². The van der Waals surface area contributed by atoms with Gasteiger partial charge in [0, 0.05) is 11.3 Å². The van der Waals surface area contributed by atoms with Crippen molar-refractivity contribution in [3.05, 3.63) is 71.8 Å². The lowest BCUT2D eigenvalue weighted by Gasteiger charge is -2.11. The smallest absolute Gasteiger partial charge is 0.261 e. The van der Waals surface area contributed by atoms with Crippen LogP contribution >= 0.6 is 0 Å². The standard InChI is InChI=1S/C22H20N4O4S/c1-13-3-9-18-19(11-13)25-22(24-18)14-4-6-15(7-5-14)26-31(28,29)16-8-10-20(30-2)17(12-16)21(23)27/h3-12,26H,1-2H3,(H2,23,27)(H,24,25). The van der Waals surface area contributed by atoms with E-state index >= 15 is 0 Å². The van der Waals surface area contributed by atoms with Crippen molar-refractivity contribution in [3.63, 3.8) is 0 Å². The molecule has 0 radical (unpaired) electrons. The highest BCUT2D eigenvalue weighted by molar-refractivity contribution is 7.92. The molecule has 0 fully saturated rings. The molecule has 0 bridgehead atoms. The van der Waals surface area contributed by atoms with Crippen molar-refractivity contribution in [2.45, 2.75) is 11.8 Å².